The van der Waals surface area contributed by atoms with Gasteiger partial charge in [0.05, 0.1) is 27.8 Å². The molecule has 2 aromatic heterocycles. The highest BCUT2D eigenvalue weighted by atomic mass is 15.0. The first-order valence-electron chi connectivity index (χ1n) is 19.4. The topological polar surface area (TPSA) is 9.86 Å². The van der Waals surface area contributed by atoms with Gasteiger partial charge in [0.2, 0.25) is 0 Å². The van der Waals surface area contributed by atoms with Crippen molar-refractivity contribution in [3.63, 3.8) is 0 Å². The number of para-hydroxylation sites is 4. The van der Waals surface area contributed by atoms with Crippen molar-refractivity contribution in [1.82, 2.24) is 9.13 Å². The summed E-state index contributed by atoms with van der Waals surface area (Å²) in [6, 6.07) is 75.8. The highest BCUT2D eigenvalue weighted by molar-refractivity contribution is 6.14. The molecule has 260 valence electrons. The largest absolute Gasteiger partial charge is 0.309 e. The van der Waals surface area contributed by atoms with E-state index in [2.05, 4.69) is 215 Å². The van der Waals surface area contributed by atoms with Gasteiger partial charge in [0.15, 0.2) is 0 Å². The summed E-state index contributed by atoms with van der Waals surface area (Å²) < 4.78 is 4.83. The third-order valence-corrected chi connectivity index (χ3v) is 11.9. The molecule has 0 aliphatic heterocycles. The predicted molar refractivity (Wildman–Crippen MR) is 239 cm³/mol. The van der Waals surface area contributed by atoms with Gasteiger partial charge in [0, 0.05) is 32.6 Å². The van der Waals surface area contributed by atoms with E-state index in [1.807, 2.05) is 0 Å². The zero-order valence-electron chi connectivity index (χ0n) is 30.5. The SMILES string of the molecule is c1cc(-c2ccc(-n3c4ccccc4c4ccccc43)c3ccccc23)c2cccc(-c3ccc4cc(-n5c6ccccc6c6ccccc65)ccc4c3)c2c1. The number of hydrogen-bond acceptors (Lipinski definition) is 0. The fourth-order valence-electron chi connectivity index (χ4n) is 9.43. The third kappa shape index (κ3) is 4.50. The summed E-state index contributed by atoms with van der Waals surface area (Å²) in [5.41, 5.74) is 12.2. The summed E-state index contributed by atoms with van der Waals surface area (Å²) >= 11 is 0. The van der Waals surface area contributed by atoms with Crippen molar-refractivity contribution < 1.29 is 0 Å². The first kappa shape index (κ1) is 31.0. The summed E-state index contributed by atoms with van der Waals surface area (Å²) in [4.78, 5) is 0. The van der Waals surface area contributed by atoms with Crippen LogP contribution in [-0.4, -0.2) is 9.13 Å². The molecule has 0 fully saturated rings. The molecule has 2 heterocycles. The van der Waals surface area contributed by atoms with Crippen molar-refractivity contribution in [1.29, 1.82) is 0 Å². The molecule has 0 bridgehead atoms. The van der Waals surface area contributed by atoms with Crippen LogP contribution < -0.4 is 0 Å². The van der Waals surface area contributed by atoms with E-state index in [0.29, 0.717) is 0 Å². The Labute approximate surface area is 323 Å². The van der Waals surface area contributed by atoms with E-state index < -0.39 is 0 Å². The number of hydrogen-bond donors (Lipinski definition) is 0. The van der Waals surface area contributed by atoms with E-state index >= 15 is 0 Å². The van der Waals surface area contributed by atoms with Crippen LogP contribution in [0.3, 0.4) is 0 Å². The van der Waals surface area contributed by atoms with Crippen molar-refractivity contribution in [2.75, 3.05) is 0 Å². The van der Waals surface area contributed by atoms with E-state index in [1.54, 1.807) is 0 Å². The first-order chi connectivity index (χ1) is 27.8. The third-order valence-electron chi connectivity index (χ3n) is 11.9. The fraction of sp³-hybridized carbons (Fsp3) is 0. The molecule has 0 aliphatic carbocycles. The van der Waals surface area contributed by atoms with Gasteiger partial charge in [0.1, 0.15) is 0 Å². The molecule has 0 atom stereocenters. The van der Waals surface area contributed by atoms with Crippen LogP contribution in [0, 0.1) is 0 Å². The minimum atomic E-state index is 1.17. The maximum atomic E-state index is 2.43. The Balaban J connectivity index is 0.986. The lowest BCUT2D eigenvalue weighted by Gasteiger charge is -2.17. The van der Waals surface area contributed by atoms with Gasteiger partial charge in [0.25, 0.3) is 0 Å². The van der Waals surface area contributed by atoms with Crippen LogP contribution >= 0.6 is 0 Å². The minimum absolute atomic E-state index is 1.17. The molecule has 0 saturated heterocycles. The lowest BCUT2D eigenvalue weighted by atomic mass is 9.90. The molecular formula is C54H34N2. The van der Waals surface area contributed by atoms with Crippen molar-refractivity contribution >= 4 is 75.9 Å². The Hall–Kier alpha value is -7.42. The molecule has 56 heavy (non-hydrogen) atoms. The summed E-state index contributed by atoms with van der Waals surface area (Å²) in [6.07, 6.45) is 0. The van der Waals surface area contributed by atoms with Gasteiger partial charge in [-0.2, -0.15) is 0 Å². The highest BCUT2D eigenvalue weighted by Crippen LogP contribution is 2.42. The lowest BCUT2D eigenvalue weighted by Crippen LogP contribution is -1.96. The Kier molecular flexibility index (Phi) is 6.66. The van der Waals surface area contributed by atoms with E-state index in [-0.39, 0.29) is 0 Å². The Morgan fingerprint density at radius 2 is 0.679 bits per heavy atom. The molecular weight excluding hydrogens is 677 g/mol. The molecule has 12 aromatic rings. The van der Waals surface area contributed by atoms with Crippen LogP contribution in [0.15, 0.2) is 206 Å². The molecule has 2 nitrogen and oxygen atoms in total. The zero-order chi connectivity index (χ0) is 36.7. The van der Waals surface area contributed by atoms with Gasteiger partial charge in [-0.3, -0.25) is 0 Å². The quantitative estimate of drug-likeness (QED) is 0.172. The van der Waals surface area contributed by atoms with Gasteiger partial charge >= 0.3 is 0 Å². The summed E-state index contributed by atoms with van der Waals surface area (Å²) in [5, 5.41) is 12.5. The van der Waals surface area contributed by atoms with Crippen molar-refractivity contribution in [3.8, 4) is 33.6 Å². The molecule has 0 radical (unpaired) electrons. The van der Waals surface area contributed by atoms with Gasteiger partial charge in [-0.05, 0) is 97.7 Å². The van der Waals surface area contributed by atoms with Gasteiger partial charge in [-0.1, -0.05) is 158 Å². The standard InChI is InChI=1S/C54H34N2/c1-2-14-45-43(13-1)44(31-32-54(45)56-52-25-9-5-17-48(52)49-18-6-10-26-53(49)56)42-22-12-20-40-39(19-11-21-41(40)42)37-28-27-36-34-38(30-29-35(36)33-37)55-50-23-7-3-15-46(50)47-16-4-8-24-51(47)55/h1-34H. The Morgan fingerprint density at radius 1 is 0.250 bits per heavy atom. The second-order valence-corrected chi connectivity index (χ2v) is 14.9. The van der Waals surface area contributed by atoms with Crippen LogP contribution in [0.25, 0.3) is 110 Å². The molecule has 0 spiro atoms. The number of aromatic nitrogens is 2. The normalized spacial score (nSPS) is 11.9. The molecule has 10 aromatic carbocycles. The summed E-state index contributed by atoms with van der Waals surface area (Å²) in [7, 11) is 0. The number of rotatable bonds is 4. The number of nitrogens with zero attached hydrogens (tertiary/aromatic N) is 2. The maximum Gasteiger partial charge on any atom is 0.0541 e. The number of benzene rings is 10. The van der Waals surface area contributed by atoms with E-state index in [0.717, 1.165) is 0 Å². The first-order valence-corrected chi connectivity index (χ1v) is 19.4. The summed E-state index contributed by atoms with van der Waals surface area (Å²) in [6.45, 7) is 0. The lowest BCUT2D eigenvalue weighted by molar-refractivity contribution is 1.19. The second-order valence-electron chi connectivity index (χ2n) is 14.9. The van der Waals surface area contributed by atoms with Crippen molar-refractivity contribution in [2.45, 2.75) is 0 Å². The highest BCUT2D eigenvalue weighted by Gasteiger charge is 2.18. The maximum absolute atomic E-state index is 2.43. The van der Waals surface area contributed by atoms with Crippen LogP contribution in [0.4, 0.5) is 0 Å². The van der Waals surface area contributed by atoms with E-state index in [1.165, 1.54) is 110 Å². The molecule has 2 heteroatoms. The molecule has 0 N–H and O–H groups in total. The average molecular weight is 711 g/mol. The van der Waals surface area contributed by atoms with Crippen LogP contribution in [0.2, 0.25) is 0 Å². The Morgan fingerprint density at radius 3 is 1.30 bits per heavy atom. The fourth-order valence-corrected chi connectivity index (χ4v) is 9.43. The van der Waals surface area contributed by atoms with E-state index in [9.17, 15) is 0 Å². The van der Waals surface area contributed by atoms with Gasteiger partial charge in [-0.15, -0.1) is 0 Å². The second kappa shape index (κ2) is 12.0. The predicted octanol–water partition coefficient (Wildman–Crippen LogP) is 14.7. The van der Waals surface area contributed by atoms with Crippen LogP contribution in [0.1, 0.15) is 0 Å². The number of fused-ring (bicyclic) bond motifs is 9. The smallest absolute Gasteiger partial charge is 0.0541 e. The van der Waals surface area contributed by atoms with Crippen LogP contribution in [-0.2, 0) is 0 Å². The Bertz CT molecular complexity index is 3440. The molecule has 0 saturated carbocycles. The minimum Gasteiger partial charge on any atom is -0.309 e. The van der Waals surface area contributed by atoms with Crippen molar-refractivity contribution in [3.05, 3.63) is 206 Å². The molecule has 0 amide bonds. The van der Waals surface area contributed by atoms with Crippen molar-refractivity contribution in [2.24, 2.45) is 0 Å². The van der Waals surface area contributed by atoms with Crippen LogP contribution in [0.5, 0.6) is 0 Å². The monoisotopic (exact) mass is 710 g/mol. The average Bonchev–Trinajstić information content (AvgIpc) is 3.78. The molecule has 0 aliphatic rings. The molecule has 12 rings (SSSR count). The van der Waals surface area contributed by atoms with E-state index in [4.69, 9.17) is 0 Å². The summed E-state index contributed by atoms with van der Waals surface area (Å²) in [5.74, 6) is 0. The van der Waals surface area contributed by atoms with Gasteiger partial charge < -0.3 is 9.13 Å². The zero-order valence-corrected chi connectivity index (χ0v) is 30.5. The molecule has 0 unspecified atom stereocenters. The van der Waals surface area contributed by atoms with Gasteiger partial charge in [-0.25, -0.2) is 0 Å².